The number of pyridine rings is 1. The smallest absolute Gasteiger partial charge is 0.413 e. The molecule has 3 rings (SSSR count). The summed E-state index contributed by atoms with van der Waals surface area (Å²) >= 11 is 0. The number of hydrogen-bond donors (Lipinski definition) is 1. The summed E-state index contributed by atoms with van der Waals surface area (Å²) in [5, 5.41) is 2.99. The Hall–Kier alpha value is -2.26. The molecule has 2 aromatic rings. The van der Waals surface area contributed by atoms with Crippen LogP contribution in [-0.2, 0) is 20.8 Å². The van der Waals surface area contributed by atoms with Crippen LogP contribution in [0.25, 0.3) is 10.9 Å². The number of carbonyl (C=O) groups is 1. The number of amides is 1. The molecule has 0 radical (unpaired) electrons. The standard InChI is InChI=1S/C19H25F2N3O4/c1-19(2,3)28-18(25)23-15-9-14-12(10-22-15)8-13(24(14)17(20)21)11-27-16-6-4-5-7-26-16/h8-10,16-17H,4-7,11H2,1-3H3,(H,22,23,25). The molecule has 1 unspecified atom stereocenters. The van der Waals surface area contributed by atoms with Gasteiger partial charge in [-0.1, -0.05) is 0 Å². The SMILES string of the molecule is CC(C)(C)OC(=O)Nc1cc2c(cn1)cc(COC1CCCCO1)n2C(F)F. The first-order valence-electron chi connectivity index (χ1n) is 9.24. The molecule has 28 heavy (non-hydrogen) atoms. The number of nitrogens with zero attached hydrogens (tertiary/aromatic N) is 2. The third kappa shape index (κ3) is 5.17. The summed E-state index contributed by atoms with van der Waals surface area (Å²) < 4.78 is 44.6. The number of hydrogen-bond acceptors (Lipinski definition) is 5. The molecule has 9 heteroatoms. The first-order valence-corrected chi connectivity index (χ1v) is 9.24. The van der Waals surface area contributed by atoms with E-state index < -0.39 is 18.2 Å². The Morgan fingerprint density at radius 3 is 2.82 bits per heavy atom. The topological polar surface area (TPSA) is 74.6 Å². The van der Waals surface area contributed by atoms with Crippen molar-refractivity contribution in [3.8, 4) is 0 Å². The summed E-state index contributed by atoms with van der Waals surface area (Å²) in [6.07, 6.45) is 3.08. The van der Waals surface area contributed by atoms with E-state index >= 15 is 0 Å². The van der Waals surface area contributed by atoms with Gasteiger partial charge in [-0.25, -0.2) is 9.78 Å². The van der Waals surface area contributed by atoms with Crippen molar-refractivity contribution in [1.82, 2.24) is 9.55 Å². The van der Waals surface area contributed by atoms with Crippen molar-refractivity contribution in [2.75, 3.05) is 11.9 Å². The van der Waals surface area contributed by atoms with Gasteiger partial charge in [0.2, 0.25) is 0 Å². The van der Waals surface area contributed by atoms with Crippen LogP contribution in [0, 0.1) is 0 Å². The maximum absolute atomic E-state index is 13.7. The Morgan fingerprint density at radius 1 is 1.39 bits per heavy atom. The minimum atomic E-state index is -2.76. The zero-order valence-electron chi connectivity index (χ0n) is 16.2. The van der Waals surface area contributed by atoms with Gasteiger partial charge in [0, 0.05) is 24.3 Å². The Balaban J connectivity index is 1.79. The van der Waals surface area contributed by atoms with Crippen LogP contribution >= 0.6 is 0 Å². The molecule has 0 aromatic carbocycles. The number of anilines is 1. The van der Waals surface area contributed by atoms with Crippen molar-refractivity contribution in [3.05, 3.63) is 24.0 Å². The van der Waals surface area contributed by atoms with Crippen LogP contribution in [0.5, 0.6) is 0 Å². The van der Waals surface area contributed by atoms with Gasteiger partial charge in [-0.3, -0.25) is 9.88 Å². The van der Waals surface area contributed by atoms with Gasteiger partial charge < -0.3 is 14.2 Å². The highest BCUT2D eigenvalue weighted by Crippen LogP contribution is 2.28. The van der Waals surface area contributed by atoms with Gasteiger partial charge in [0.1, 0.15) is 11.4 Å². The Morgan fingerprint density at radius 2 is 2.18 bits per heavy atom. The predicted molar refractivity (Wildman–Crippen MR) is 99.2 cm³/mol. The number of rotatable bonds is 5. The zero-order valence-corrected chi connectivity index (χ0v) is 16.2. The van der Waals surface area contributed by atoms with Crippen LogP contribution in [0.3, 0.4) is 0 Å². The third-order valence-electron chi connectivity index (χ3n) is 4.18. The van der Waals surface area contributed by atoms with Gasteiger partial charge in [0.25, 0.3) is 0 Å². The van der Waals surface area contributed by atoms with Gasteiger partial charge in [0.05, 0.1) is 17.8 Å². The van der Waals surface area contributed by atoms with Crippen LogP contribution in [0.4, 0.5) is 19.4 Å². The average molecular weight is 397 g/mol. The second-order valence-corrected chi connectivity index (χ2v) is 7.65. The molecular formula is C19H25F2N3O4. The van der Waals surface area contributed by atoms with E-state index in [0.29, 0.717) is 17.7 Å². The summed E-state index contributed by atoms with van der Waals surface area (Å²) in [5.74, 6) is 0.129. The highest BCUT2D eigenvalue weighted by atomic mass is 19.3. The van der Waals surface area contributed by atoms with Crippen molar-refractivity contribution >= 4 is 22.8 Å². The second-order valence-electron chi connectivity index (χ2n) is 7.65. The van der Waals surface area contributed by atoms with Crippen LogP contribution < -0.4 is 5.32 Å². The molecule has 154 valence electrons. The molecule has 0 aliphatic carbocycles. The second kappa shape index (κ2) is 8.40. The summed E-state index contributed by atoms with van der Waals surface area (Å²) in [4.78, 5) is 16.0. The molecule has 3 heterocycles. The molecule has 0 bridgehead atoms. The molecular weight excluding hydrogens is 372 g/mol. The molecule has 7 nitrogen and oxygen atoms in total. The lowest BCUT2D eigenvalue weighted by Crippen LogP contribution is -2.27. The minimum absolute atomic E-state index is 0.00147. The summed E-state index contributed by atoms with van der Waals surface area (Å²) in [6.45, 7) is 3.04. The number of carbonyl (C=O) groups excluding carboxylic acids is 1. The molecule has 1 atom stereocenters. The summed E-state index contributed by atoms with van der Waals surface area (Å²) in [7, 11) is 0. The van der Waals surface area contributed by atoms with Crippen LogP contribution in [0.1, 0.15) is 52.3 Å². The summed E-state index contributed by atoms with van der Waals surface area (Å²) in [5.41, 5.74) is -0.113. The third-order valence-corrected chi connectivity index (χ3v) is 4.18. The highest BCUT2D eigenvalue weighted by Gasteiger charge is 2.21. The van der Waals surface area contributed by atoms with Crippen molar-refractivity contribution < 1.29 is 27.8 Å². The fraction of sp³-hybridized carbons (Fsp3) is 0.579. The van der Waals surface area contributed by atoms with Crippen molar-refractivity contribution in [2.24, 2.45) is 0 Å². The number of nitrogens with one attached hydrogen (secondary N) is 1. The largest absolute Gasteiger partial charge is 0.444 e. The molecule has 0 spiro atoms. The number of alkyl halides is 2. The molecule has 1 amide bonds. The van der Waals surface area contributed by atoms with E-state index in [0.717, 1.165) is 23.8 Å². The Labute approximate surface area is 162 Å². The first kappa shape index (κ1) is 20.5. The maximum Gasteiger partial charge on any atom is 0.413 e. The Kier molecular flexibility index (Phi) is 6.14. The van der Waals surface area contributed by atoms with Gasteiger partial charge in [0.15, 0.2) is 6.29 Å². The summed E-state index contributed by atoms with van der Waals surface area (Å²) in [6, 6.07) is 3.00. The van der Waals surface area contributed by atoms with Crippen molar-refractivity contribution in [3.63, 3.8) is 0 Å². The monoisotopic (exact) mass is 397 g/mol. The van der Waals surface area contributed by atoms with E-state index in [2.05, 4.69) is 10.3 Å². The zero-order chi connectivity index (χ0) is 20.3. The Bertz CT molecular complexity index is 826. The quantitative estimate of drug-likeness (QED) is 0.783. The van der Waals surface area contributed by atoms with Crippen LogP contribution in [0.2, 0.25) is 0 Å². The fourth-order valence-electron chi connectivity index (χ4n) is 3.02. The van der Waals surface area contributed by atoms with Crippen LogP contribution in [0.15, 0.2) is 18.3 Å². The van der Waals surface area contributed by atoms with Gasteiger partial charge in [-0.2, -0.15) is 8.78 Å². The van der Waals surface area contributed by atoms with Crippen molar-refractivity contribution in [2.45, 2.75) is 65.1 Å². The van der Waals surface area contributed by atoms with E-state index in [-0.39, 0.29) is 24.2 Å². The van der Waals surface area contributed by atoms with Gasteiger partial charge in [-0.05, 0) is 46.1 Å². The molecule has 1 N–H and O–H groups in total. The van der Waals surface area contributed by atoms with E-state index in [1.54, 1.807) is 26.8 Å². The van der Waals surface area contributed by atoms with E-state index in [1.807, 2.05) is 0 Å². The minimum Gasteiger partial charge on any atom is -0.444 e. The lowest BCUT2D eigenvalue weighted by molar-refractivity contribution is -0.170. The highest BCUT2D eigenvalue weighted by molar-refractivity contribution is 5.88. The van der Waals surface area contributed by atoms with Crippen LogP contribution in [-0.4, -0.2) is 34.1 Å². The lowest BCUT2D eigenvalue weighted by atomic mass is 10.2. The molecule has 0 saturated carbocycles. The van der Waals surface area contributed by atoms with Crippen molar-refractivity contribution in [1.29, 1.82) is 0 Å². The molecule has 1 fully saturated rings. The average Bonchev–Trinajstić information content (AvgIpc) is 2.97. The molecule has 1 saturated heterocycles. The van der Waals surface area contributed by atoms with E-state index in [4.69, 9.17) is 14.2 Å². The predicted octanol–water partition coefficient (Wildman–Crippen LogP) is 4.82. The van der Waals surface area contributed by atoms with E-state index in [9.17, 15) is 13.6 Å². The number of halogens is 2. The molecule has 2 aromatic heterocycles. The van der Waals surface area contributed by atoms with Gasteiger partial charge >= 0.3 is 12.6 Å². The normalized spacial score (nSPS) is 17.9. The van der Waals surface area contributed by atoms with Gasteiger partial charge in [-0.15, -0.1) is 0 Å². The number of aromatic nitrogens is 2. The maximum atomic E-state index is 13.7. The van der Waals surface area contributed by atoms with E-state index in [1.165, 1.54) is 12.3 Å². The molecule has 1 aliphatic heterocycles. The fourth-order valence-corrected chi connectivity index (χ4v) is 3.02. The molecule has 1 aliphatic rings. The first-order chi connectivity index (χ1) is 13.2. The number of fused-ring (bicyclic) bond motifs is 1. The lowest BCUT2D eigenvalue weighted by Gasteiger charge is -2.23. The number of ether oxygens (including phenoxy) is 3.